The molecule has 4 nitrogen and oxygen atoms in total. The van der Waals surface area contributed by atoms with E-state index < -0.39 is 0 Å². The molecule has 0 amide bonds. The maximum Gasteiger partial charge on any atom is 0.194 e. The minimum absolute atomic E-state index is 0.137. The van der Waals surface area contributed by atoms with Gasteiger partial charge in [0.2, 0.25) is 0 Å². The maximum absolute atomic E-state index is 9.64. The molecule has 1 aliphatic heterocycles. The van der Waals surface area contributed by atoms with E-state index in [2.05, 4.69) is 52.5 Å². The van der Waals surface area contributed by atoms with Crippen molar-refractivity contribution in [2.45, 2.75) is 44.2 Å². The highest BCUT2D eigenvalue weighted by Gasteiger charge is 2.39. The standard InChI is InChI=1S/C17H25N3O/c1-2-18-17(20-10-8-14(21)9-11-20)19-16-12-15(16)13-6-4-3-5-7-13/h3-7,14-16,21H,2,8-12H2,1H3,(H,18,19). The Morgan fingerprint density at radius 2 is 2.00 bits per heavy atom. The fourth-order valence-electron chi connectivity index (χ4n) is 3.05. The summed E-state index contributed by atoms with van der Waals surface area (Å²) in [4.78, 5) is 6.92. The summed E-state index contributed by atoms with van der Waals surface area (Å²) in [6, 6.07) is 11.2. The van der Waals surface area contributed by atoms with Crippen LogP contribution in [0.5, 0.6) is 0 Å². The molecule has 1 aliphatic carbocycles. The number of rotatable bonds is 3. The minimum atomic E-state index is -0.137. The molecule has 2 aliphatic rings. The molecular weight excluding hydrogens is 262 g/mol. The van der Waals surface area contributed by atoms with Crippen LogP contribution in [0, 0.1) is 0 Å². The molecule has 4 heteroatoms. The van der Waals surface area contributed by atoms with Crippen molar-refractivity contribution >= 4 is 5.96 Å². The van der Waals surface area contributed by atoms with Crippen molar-refractivity contribution in [2.24, 2.45) is 4.99 Å². The van der Waals surface area contributed by atoms with Crippen molar-refractivity contribution in [3.63, 3.8) is 0 Å². The Kier molecular flexibility index (Phi) is 4.44. The Bertz CT molecular complexity index is 480. The molecule has 1 aromatic rings. The number of nitrogens with zero attached hydrogens (tertiary/aromatic N) is 2. The summed E-state index contributed by atoms with van der Waals surface area (Å²) in [6.45, 7) is 4.66. The van der Waals surface area contributed by atoms with Crippen LogP contribution in [0.3, 0.4) is 0 Å². The Hall–Kier alpha value is -1.55. The zero-order valence-corrected chi connectivity index (χ0v) is 12.7. The number of aliphatic hydroxyl groups is 1. The molecule has 21 heavy (non-hydrogen) atoms. The number of benzene rings is 1. The van der Waals surface area contributed by atoms with E-state index in [-0.39, 0.29) is 6.10 Å². The number of likely N-dealkylation sites (tertiary alicyclic amines) is 1. The Morgan fingerprint density at radius 1 is 1.29 bits per heavy atom. The lowest BCUT2D eigenvalue weighted by Crippen LogP contribution is -2.47. The van der Waals surface area contributed by atoms with E-state index in [1.807, 2.05) is 0 Å². The van der Waals surface area contributed by atoms with Gasteiger partial charge >= 0.3 is 0 Å². The third-order valence-corrected chi connectivity index (χ3v) is 4.40. The number of hydrogen-bond acceptors (Lipinski definition) is 2. The first-order chi connectivity index (χ1) is 10.3. The van der Waals surface area contributed by atoms with E-state index in [1.165, 1.54) is 12.0 Å². The van der Waals surface area contributed by atoms with Gasteiger partial charge in [0, 0.05) is 31.6 Å². The topological polar surface area (TPSA) is 47.9 Å². The largest absolute Gasteiger partial charge is 0.393 e. The van der Waals surface area contributed by atoms with Gasteiger partial charge in [0.25, 0.3) is 0 Å². The number of aliphatic imine (C=N–C) groups is 1. The van der Waals surface area contributed by atoms with Crippen molar-refractivity contribution in [3.8, 4) is 0 Å². The Balaban J connectivity index is 1.58. The predicted octanol–water partition coefficient (Wildman–Crippen LogP) is 1.96. The molecule has 2 unspecified atom stereocenters. The lowest BCUT2D eigenvalue weighted by Gasteiger charge is -2.32. The number of hydrogen-bond donors (Lipinski definition) is 2. The van der Waals surface area contributed by atoms with E-state index in [1.54, 1.807) is 0 Å². The molecular formula is C17H25N3O. The minimum Gasteiger partial charge on any atom is -0.393 e. The summed E-state index contributed by atoms with van der Waals surface area (Å²) in [6.07, 6.45) is 2.74. The molecule has 3 rings (SSSR count). The van der Waals surface area contributed by atoms with E-state index in [9.17, 15) is 5.11 Å². The van der Waals surface area contributed by atoms with Gasteiger partial charge in [-0.2, -0.15) is 0 Å². The van der Waals surface area contributed by atoms with Crippen molar-refractivity contribution in [1.29, 1.82) is 0 Å². The van der Waals surface area contributed by atoms with Gasteiger partial charge in [-0.3, -0.25) is 4.99 Å². The van der Waals surface area contributed by atoms with Gasteiger partial charge in [0.05, 0.1) is 6.10 Å². The molecule has 0 radical (unpaired) electrons. The lowest BCUT2D eigenvalue weighted by molar-refractivity contribution is 0.108. The summed E-state index contributed by atoms with van der Waals surface area (Å²) in [7, 11) is 0. The fraction of sp³-hybridized carbons (Fsp3) is 0.588. The second-order valence-electron chi connectivity index (χ2n) is 6.02. The van der Waals surface area contributed by atoms with Crippen LogP contribution in [0.2, 0.25) is 0 Å². The number of nitrogens with one attached hydrogen (secondary N) is 1. The maximum atomic E-state index is 9.64. The monoisotopic (exact) mass is 287 g/mol. The SMILES string of the molecule is CCN=C(NC1CC1c1ccccc1)N1CCC(O)CC1. The van der Waals surface area contributed by atoms with Crippen LogP contribution >= 0.6 is 0 Å². The first-order valence-corrected chi connectivity index (χ1v) is 8.07. The molecule has 2 fully saturated rings. The average Bonchev–Trinajstić information content (AvgIpc) is 3.28. The zero-order chi connectivity index (χ0) is 14.7. The second kappa shape index (κ2) is 6.48. The van der Waals surface area contributed by atoms with Crippen molar-refractivity contribution in [1.82, 2.24) is 10.2 Å². The van der Waals surface area contributed by atoms with Gasteiger partial charge in [0.1, 0.15) is 0 Å². The van der Waals surface area contributed by atoms with Crippen LogP contribution in [0.25, 0.3) is 0 Å². The molecule has 2 atom stereocenters. The molecule has 114 valence electrons. The molecule has 0 spiro atoms. The Labute approximate surface area is 126 Å². The number of aliphatic hydroxyl groups excluding tert-OH is 1. The van der Waals surface area contributed by atoms with Gasteiger partial charge in [0.15, 0.2) is 5.96 Å². The van der Waals surface area contributed by atoms with Crippen LogP contribution in [-0.4, -0.2) is 47.7 Å². The van der Waals surface area contributed by atoms with Crippen LogP contribution < -0.4 is 5.32 Å². The number of guanidine groups is 1. The highest BCUT2D eigenvalue weighted by atomic mass is 16.3. The number of piperidine rings is 1. The summed E-state index contributed by atoms with van der Waals surface area (Å²) in [5.41, 5.74) is 1.42. The molecule has 1 aromatic carbocycles. The summed E-state index contributed by atoms with van der Waals surface area (Å²) < 4.78 is 0. The summed E-state index contributed by atoms with van der Waals surface area (Å²) in [5.74, 6) is 1.64. The summed E-state index contributed by atoms with van der Waals surface area (Å²) >= 11 is 0. The van der Waals surface area contributed by atoms with E-state index in [0.29, 0.717) is 12.0 Å². The highest BCUT2D eigenvalue weighted by molar-refractivity contribution is 5.81. The van der Waals surface area contributed by atoms with E-state index >= 15 is 0 Å². The van der Waals surface area contributed by atoms with Crippen LogP contribution in [0.1, 0.15) is 37.7 Å². The highest BCUT2D eigenvalue weighted by Crippen LogP contribution is 2.40. The zero-order valence-electron chi connectivity index (χ0n) is 12.7. The quantitative estimate of drug-likeness (QED) is 0.660. The van der Waals surface area contributed by atoms with Crippen molar-refractivity contribution in [2.75, 3.05) is 19.6 Å². The molecule has 1 heterocycles. The van der Waals surface area contributed by atoms with Crippen LogP contribution in [0.15, 0.2) is 35.3 Å². The molecule has 0 bridgehead atoms. The van der Waals surface area contributed by atoms with E-state index in [0.717, 1.165) is 38.4 Å². The first kappa shape index (κ1) is 14.4. The van der Waals surface area contributed by atoms with Gasteiger partial charge in [-0.05, 0) is 31.7 Å². The third-order valence-electron chi connectivity index (χ3n) is 4.40. The van der Waals surface area contributed by atoms with Gasteiger partial charge in [-0.1, -0.05) is 30.3 Å². The van der Waals surface area contributed by atoms with Gasteiger partial charge in [-0.25, -0.2) is 0 Å². The smallest absolute Gasteiger partial charge is 0.194 e. The third kappa shape index (κ3) is 3.56. The molecule has 1 saturated carbocycles. The molecule has 1 saturated heterocycles. The lowest BCUT2D eigenvalue weighted by atomic mass is 10.1. The second-order valence-corrected chi connectivity index (χ2v) is 6.02. The van der Waals surface area contributed by atoms with Crippen molar-refractivity contribution in [3.05, 3.63) is 35.9 Å². The Morgan fingerprint density at radius 3 is 2.67 bits per heavy atom. The van der Waals surface area contributed by atoms with Crippen LogP contribution in [-0.2, 0) is 0 Å². The average molecular weight is 287 g/mol. The summed E-state index contributed by atoms with van der Waals surface area (Å²) in [5, 5.41) is 13.3. The first-order valence-electron chi connectivity index (χ1n) is 8.07. The molecule has 2 N–H and O–H groups in total. The molecule has 0 aromatic heterocycles. The van der Waals surface area contributed by atoms with E-state index in [4.69, 9.17) is 0 Å². The van der Waals surface area contributed by atoms with Gasteiger partial charge in [-0.15, -0.1) is 0 Å². The predicted molar refractivity (Wildman–Crippen MR) is 85.5 cm³/mol. The van der Waals surface area contributed by atoms with Crippen molar-refractivity contribution < 1.29 is 5.11 Å². The van der Waals surface area contributed by atoms with Crippen LogP contribution in [0.4, 0.5) is 0 Å². The fourth-order valence-corrected chi connectivity index (χ4v) is 3.05. The van der Waals surface area contributed by atoms with Gasteiger partial charge < -0.3 is 15.3 Å². The normalized spacial score (nSPS) is 26.8.